The van der Waals surface area contributed by atoms with Crippen molar-refractivity contribution >= 4 is 11.3 Å². The zero-order valence-corrected chi connectivity index (χ0v) is 11.7. The molecule has 1 N–H and O–H groups in total. The van der Waals surface area contributed by atoms with Gasteiger partial charge in [0.1, 0.15) is 5.82 Å². The summed E-state index contributed by atoms with van der Waals surface area (Å²) in [6.07, 6.45) is 2.58. The number of thiophene rings is 1. The van der Waals surface area contributed by atoms with E-state index < -0.39 is 6.10 Å². The number of benzene rings is 1. The standard InChI is InChI=1S/C16H17FOS/c1-10-5-6-11(17)9-14(10)16(18)13-3-2-4-15-12(13)7-8-19-15/h5-9,13,16,18H,2-4H2,1H3. The van der Waals surface area contributed by atoms with Gasteiger partial charge in [0.2, 0.25) is 0 Å². The molecule has 0 saturated carbocycles. The number of hydrogen-bond acceptors (Lipinski definition) is 2. The summed E-state index contributed by atoms with van der Waals surface area (Å²) in [5, 5.41) is 12.7. The lowest BCUT2D eigenvalue weighted by molar-refractivity contribution is 0.135. The molecule has 19 heavy (non-hydrogen) atoms. The first-order valence-corrected chi connectivity index (χ1v) is 7.55. The molecule has 0 aliphatic heterocycles. The Morgan fingerprint density at radius 3 is 3.05 bits per heavy atom. The summed E-state index contributed by atoms with van der Waals surface area (Å²) in [5.41, 5.74) is 2.94. The van der Waals surface area contributed by atoms with Gasteiger partial charge in [0.15, 0.2) is 0 Å². The SMILES string of the molecule is Cc1ccc(F)cc1C(O)C1CCCc2sccc21. The lowest BCUT2D eigenvalue weighted by atomic mass is 9.80. The summed E-state index contributed by atoms with van der Waals surface area (Å²) in [7, 11) is 0. The molecule has 1 aliphatic rings. The van der Waals surface area contributed by atoms with Crippen molar-refractivity contribution in [3.8, 4) is 0 Å². The number of aliphatic hydroxyl groups is 1. The normalized spacial score (nSPS) is 20.1. The highest BCUT2D eigenvalue weighted by molar-refractivity contribution is 7.10. The molecule has 3 rings (SSSR count). The van der Waals surface area contributed by atoms with E-state index in [1.165, 1.54) is 22.6 Å². The maximum Gasteiger partial charge on any atom is 0.123 e. The van der Waals surface area contributed by atoms with E-state index in [0.717, 1.165) is 30.4 Å². The first-order valence-electron chi connectivity index (χ1n) is 6.67. The van der Waals surface area contributed by atoms with Crippen LogP contribution in [0.4, 0.5) is 4.39 Å². The molecular formula is C16H17FOS. The van der Waals surface area contributed by atoms with Crippen molar-refractivity contribution in [2.75, 3.05) is 0 Å². The fourth-order valence-corrected chi connectivity index (χ4v) is 3.99. The molecule has 1 heterocycles. The first kappa shape index (κ1) is 12.8. The van der Waals surface area contributed by atoms with Gasteiger partial charge in [0, 0.05) is 10.8 Å². The van der Waals surface area contributed by atoms with Crippen molar-refractivity contribution in [1.29, 1.82) is 0 Å². The lowest BCUT2D eigenvalue weighted by Crippen LogP contribution is -2.16. The number of fused-ring (bicyclic) bond motifs is 1. The summed E-state index contributed by atoms with van der Waals surface area (Å²) in [6.45, 7) is 1.93. The van der Waals surface area contributed by atoms with E-state index in [-0.39, 0.29) is 11.7 Å². The average molecular weight is 276 g/mol. The van der Waals surface area contributed by atoms with E-state index >= 15 is 0 Å². The molecule has 0 amide bonds. The van der Waals surface area contributed by atoms with E-state index in [9.17, 15) is 9.50 Å². The van der Waals surface area contributed by atoms with Gasteiger partial charge >= 0.3 is 0 Å². The number of aliphatic hydroxyl groups excluding tert-OH is 1. The maximum atomic E-state index is 13.4. The quantitative estimate of drug-likeness (QED) is 0.864. The average Bonchev–Trinajstić information content (AvgIpc) is 2.89. The lowest BCUT2D eigenvalue weighted by Gasteiger charge is -2.28. The Morgan fingerprint density at radius 1 is 1.37 bits per heavy atom. The van der Waals surface area contributed by atoms with Crippen LogP contribution in [0.25, 0.3) is 0 Å². The third-order valence-electron chi connectivity index (χ3n) is 4.04. The van der Waals surface area contributed by atoms with Crippen molar-refractivity contribution in [1.82, 2.24) is 0 Å². The van der Waals surface area contributed by atoms with Crippen molar-refractivity contribution < 1.29 is 9.50 Å². The van der Waals surface area contributed by atoms with Crippen molar-refractivity contribution in [3.05, 3.63) is 57.0 Å². The van der Waals surface area contributed by atoms with Crippen LogP contribution in [0.3, 0.4) is 0 Å². The van der Waals surface area contributed by atoms with Gasteiger partial charge in [-0.15, -0.1) is 11.3 Å². The van der Waals surface area contributed by atoms with Crippen LogP contribution in [0.15, 0.2) is 29.6 Å². The summed E-state index contributed by atoms with van der Waals surface area (Å²) in [5.74, 6) is -0.170. The first-order chi connectivity index (χ1) is 9.16. The fraction of sp³-hybridized carbons (Fsp3) is 0.375. The van der Waals surface area contributed by atoms with Crippen molar-refractivity contribution in [3.63, 3.8) is 0 Å². The molecule has 0 radical (unpaired) electrons. The largest absolute Gasteiger partial charge is 0.388 e. The third kappa shape index (κ3) is 2.33. The van der Waals surface area contributed by atoms with Crippen LogP contribution in [-0.4, -0.2) is 5.11 Å². The minimum atomic E-state index is -0.607. The van der Waals surface area contributed by atoms with Crippen LogP contribution in [0, 0.1) is 12.7 Å². The predicted octanol–water partition coefficient (Wildman–Crippen LogP) is 4.35. The predicted molar refractivity (Wildman–Crippen MR) is 76.1 cm³/mol. The number of aryl methyl sites for hydroxylation is 2. The van der Waals surface area contributed by atoms with Gasteiger partial charge in [-0.3, -0.25) is 0 Å². The molecule has 1 aromatic carbocycles. The van der Waals surface area contributed by atoms with Gasteiger partial charge in [0.25, 0.3) is 0 Å². The van der Waals surface area contributed by atoms with Crippen LogP contribution >= 0.6 is 11.3 Å². The van der Waals surface area contributed by atoms with Gasteiger partial charge in [-0.1, -0.05) is 6.07 Å². The Kier molecular flexibility index (Phi) is 3.42. The summed E-state index contributed by atoms with van der Waals surface area (Å²) >= 11 is 1.76. The van der Waals surface area contributed by atoms with E-state index in [1.54, 1.807) is 17.4 Å². The monoisotopic (exact) mass is 276 g/mol. The molecule has 2 aromatic rings. The zero-order valence-electron chi connectivity index (χ0n) is 10.9. The summed E-state index contributed by atoms with van der Waals surface area (Å²) < 4.78 is 13.4. The summed E-state index contributed by atoms with van der Waals surface area (Å²) in [4.78, 5) is 1.38. The van der Waals surface area contributed by atoms with Gasteiger partial charge in [-0.05, 0) is 66.5 Å². The summed E-state index contributed by atoms with van der Waals surface area (Å²) in [6, 6.07) is 6.77. The Bertz CT molecular complexity index is 590. The van der Waals surface area contributed by atoms with E-state index in [1.807, 2.05) is 6.92 Å². The molecule has 2 atom stereocenters. The molecule has 1 aromatic heterocycles. The molecule has 1 aliphatic carbocycles. The molecule has 0 fully saturated rings. The van der Waals surface area contributed by atoms with Gasteiger partial charge in [0.05, 0.1) is 6.10 Å². The second-order valence-electron chi connectivity index (χ2n) is 5.24. The van der Waals surface area contributed by atoms with E-state index in [4.69, 9.17) is 0 Å². The molecule has 0 spiro atoms. The second-order valence-corrected chi connectivity index (χ2v) is 6.24. The highest BCUT2D eigenvalue weighted by Crippen LogP contribution is 2.42. The fourth-order valence-electron chi connectivity index (χ4n) is 3.00. The van der Waals surface area contributed by atoms with Crippen LogP contribution in [-0.2, 0) is 6.42 Å². The molecule has 3 heteroatoms. The minimum absolute atomic E-state index is 0.107. The van der Waals surface area contributed by atoms with Gasteiger partial charge < -0.3 is 5.11 Å². The minimum Gasteiger partial charge on any atom is -0.388 e. The van der Waals surface area contributed by atoms with Crippen LogP contribution in [0.2, 0.25) is 0 Å². The molecular weight excluding hydrogens is 259 g/mol. The smallest absolute Gasteiger partial charge is 0.123 e. The Morgan fingerprint density at radius 2 is 2.21 bits per heavy atom. The van der Waals surface area contributed by atoms with Crippen molar-refractivity contribution in [2.45, 2.75) is 38.2 Å². The van der Waals surface area contributed by atoms with Gasteiger partial charge in [-0.25, -0.2) is 4.39 Å². The van der Waals surface area contributed by atoms with Crippen LogP contribution < -0.4 is 0 Å². The number of halogens is 1. The maximum absolute atomic E-state index is 13.4. The Labute approximate surface area is 116 Å². The highest BCUT2D eigenvalue weighted by atomic mass is 32.1. The number of rotatable bonds is 2. The van der Waals surface area contributed by atoms with Gasteiger partial charge in [-0.2, -0.15) is 0 Å². The zero-order chi connectivity index (χ0) is 13.4. The molecule has 0 bridgehead atoms. The van der Waals surface area contributed by atoms with E-state index in [0.29, 0.717) is 0 Å². The highest BCUT2D eigenvalue weighted by Gasteiger charge is 2.29. The van der Waals surface area contributed by atoms with E-state index in [2.05, 4.69) is 11.4 Å². The molecule has 100 valence electrons. The second kappa shape index (κ2) is 5.06. The molecule has 0 saturated heterocycles. The van der Waals surface area contributed by atoms with Crippen LogP contribution in [0.1, 0.15) is 46.4 Å². The topological polar surface area (TPSA) is 20.2 Å². The molecule has 2 unspecified atom stereocenters. The van der Waals surface area contributed by atoms with Crippen molar-refractivity contribution in [2.24, 2.45) is 0 Å². The Balaban J connectivity index is 1.97. The molecule has 1 nitrogen and oxygen atoms in total. The third-order valence-corrected chi connectivity index (χ3v) is 5.04. The number of hydrogen-bond donors (Lipinski definition) is 1. The Hall–Kier alpha value is -1.19. The van der Waals surface area contributed by atoms with Crippen LogP contribution in [0.5, 0.6) is 0 Å².